The number of rotatable bonds is 6. The minimum atomic E-state index is -3.83. The Morgan fingerprint density at radius 1 is 1.18 bits per heavy atom. The normalized spacial score (nSPS) is 14.8. The van der Waals surface area contributed by atoms with Gasteiger partial charge in [0.15, 0.2) is 0 Å². The van der Waals surface area contributed by atoms with Gasteiger partial charge < -0.3 is 5.32 Å². The number of primary sulfonamides is 1. The van der Waals surface area contributed by atoms with Gasteiger partial charge in [0.2, 0.25) is 15.8 Å². The van der Waals surface area contributed by atoms with E-state index in [0.717, 1.165) is 40.4 Å². The van der Waals surface area contributed by atoms with Crippen LogP contribution in [-0.4, -0.2) is 47.4 Å². The summed E-state index contributed by atoms with van der Waals surface area (Å²) < 4.78 is 23.5. The number of hydrogen-bond donors (Lipinski definition) is 4. The van der Waals surface area contributed by atoms with Crippen LogP contribution in [0, 0.1) is 0 Å². The smallest absolute Gasteiger partial charge is 0.238 e. The van der Waals surface area contributed by atoms with Crippen LogP contribution >= 0.6 is 23.7 Å². The summed E-state index contributed by atoms with van der Waals surface area (Å²) in [5.41, 5.74) is 2.12. The van der Waals surface area contributed by atoms with Crippen LogP contribution in [0.25, 0.3) is 22.5 Å². The van der Waals surface area contributed by atoms with E-state index in [9.17, 15) is 8.42 Å². The molecule has 0 radical (unpaired) electrons. The average molecular weight is 436 g/mol. The Hall–Kier alpha value is -1.96. The molecule has 1 aromatic heterocycles. The van der Waals surface area contributed by atoms with Gasteiger partial charge in [-0.15, -0.1) is 22.0 Å². The quantitative estimate of drug-likeness (QED) is 0.418. The number of benzene rings is 2. The Morgan fingerprint density at radius 3 is 2.61 bits per heavy atom. The van der Waals surface area contributed by atoms with Crippen molar-refractivity contribution in [1.82, 2.24) is 25.9 Å². The predicted molar refractivity (Wildman–Crippen MR) is 109 cm³/mol. The fourth-order valence-electron chi connectivity index (χ4n) is 2.87. The first kappa shape index (κ1) is 19.4. The molecule has 4 rings (SSSR count). The predicted octanol–water partition coefficient (Wildman–Crippen LogP) is 1.21. The molecule has 0 amide bonds. The summed E-state index contributed by atoms with van der Waals surface area (Å²) in [6.45, 7) is 1.88. The zero-order valence-corrected chi connectivity index (χ0v) is 16.9. The summed E-state index contributed by atoms with van der Waals surface area (Å²) in [6.07, 6.45) is 0. The van der Waals surface area contributed by atoms with E-state index < -0.39 is 10.0 Å². The van der Waals surface area contributed by atoms with Crippen LogP contribution in [0.4, 0.5) is 0 Å². The lowest BCUT2D eigenvalue weighted by atomic mass is 9.99. The maximum absolute atomic E-state index is 11.8. The molecule has 2 heterocycles. The third-order valence-corrected chi connectivity index (χ3v) is 7.28. The molecule has 1 saturated heterocycles. The highest BCUT2D eigenvalue weighted by Crippen LogP contribution is 2.43. The maximum Gasteiger partial charge on any atom is 0.238 e. The Kier molecular flexibility index (Phi) is 5.40. The number of H-pyrrole nitrogens is 1. The minimum Gasteiger partial charge on any atom is -0.314 e. The topological polar surface area (TPSA) is 153 Å². The van der Waals surface area contributed by atoms with Gasteiger partial charge in [-0.1, -0.05) is 18.2 Å². The maximum atomic E-state index is 11.8. The second-order valence-electron chi connectivity index (χ2n) is 6.14. The first-order valence-electron chi connectivity index (χ1n) is 8.25. The Bertz CT molecular complexity index is 1100. The molecule has 6 N–H and O–H groups in total. The van der Waals surface area contributed by atoms with Crippen LogP contribution in [0.5, 0.6) is 0 Å². The van der Waals surface area contributed by atoms with Gasteiger partial charge in [-0.05, 0) is 46.5 Å². The fourth-order valence-corrected chi connectivity index (χ4v) is 5.34. The van der Waals surface area contributed by atoms with Crippen molar-refractivity contribution in [2.24, 2.45) is 10.3 Å². The minimum absolute atomic E-state index is 0.0324. The molecule has 3 aromatic rings. The molecule has 28 heavy (non-hydrogen) atoms. The highest BCUT2D eigenvalue weighted by molar-refractivity contribution is 8.02. The van der Waals surface area contributed by atoms with Crippen molar-refractivity contribution in [3.8, 4) is 22.5 Å². The first-order chi connectivity index (χ1) is 13.5. The largest absolute Gasteiger partial charge is 0.314 e. The summed E-state index contributed by atoms with van der Waals surface area (Å²) in [6, 6.07) is 10.3. The molecule has 0 spiro atoms. The molecule has 12 heteroatoms. The first-order valence-corrected chi connectivity index (χ1v) is 11.6. The summed E-state index contributed by atoms with van der Waals surface area (Å²) in [5.74, 6) is 0.387. The van der Waals surface area contributed by atoms with Crippen molar-refractivity contribution in [2.75, 3.05) is 13.1 Å². The number of sulfonamides is 1. The van der Waals surface area contributed by atoms with E-state index >= 15 is 0 Å². The lowest BCUT2D eigenvalue weighted by molar-refractivity contribution is 0.543. The van der Waals surface area contributed by atoms with Crippen LogP contribution in [0.2, 0.25) is 0 Å². The molecule has 0 bridgehead atoms. The molecule has 0 atom stereocenters. The van der Waals surface area contributed by atoms with Gasteiger partial charge in [0.1, 0.15) is 0 Å². The Labute approximate surface area is 170 Å². The highest BCUT2D eigenvalue weighted by Gasteiger charge is 2.24. The average Bonchev–Trinajstić information content (AvgIpc) is 3.17. The molecule has 1 aliphatic heterocycles. The molecule has 0 saturated carbocycles. The van der Waals surface area contributed by atoms with Crippen LogP contribution in [-0.2, 0) is 10.0 Å². The Morgan fingerprint density at radius 2 is 2.00 bits per heavy atom. The van der Waals surface area contributed by atoms with Gasteiger partial charge in [0.25, 0.3) is 0 Å². The molecular weight excluding hydrogens is 418 g/mol. The number of nitrogens with zero attached hydrogens (tertiary/aromatic N) is 3. The molecular formula is C16H17N7O2S3. The van der Waals surface area contributed by atoms with Gasteiger partial charge >= 0.3 is 0 Å². The van der Waals surface area contributed by atoms with Crippen molar-refractivity contribution in [2.45, 2.75) is 19.9 Å². The van der Waals surface area contributed by atoms with E-state index in [2.05, 4.69) is 25.9 Å². The molecule has 0 aliphatic carbocycles. The van der Waals surface area contributed by atoms with Crippen molar-refractivity contribution in [3.05, 3.63) is 36.4 Å². The molecule has 0 unspecified atom stereocenters. The van der Waals surface area contributed by atoms with E-state index in [0.29, 0.717) is 22.2 Å². The molecule has 146 valence electrons. The standard InChI is InChI=1S/C16H17N7O2S3/c17-27-15-13(26-10-7-19-8-10)5-4-12(14(15)16-20-22-23-21-16)9-2-1-3-11(6-9)28(18,24)25/h1-6,10,19H,7-8,17H2,(H2,18,24,25)(H,20,21,22,23). The van der Waals surface area contributed by atoms with Gasteiger partial charge in [-0.2, -0.15) is 5.21 Å². The highest BCUT2D eigenvalue weighted by atomic mass is 32.2. The summed E-state index contributed by atoms with van der Waals surface area (Å²) in [5, 5.41) is 29.4. The van der Waals surface area contributed by atoms with Gasteiger partial charge in [0, 0.05) is 33.7 Å². The van der Waals surface area contributed by atoms with Crippen LogP contribution in [0.3, 0.4) is 0 Å². The lowest BCUT2D eigenvalue weighted by Gasteiger charge is -2.27. The second-order valence-corrected chi connectivity index (χ2v) is 9.69. The number of aromatic nitrogens is 4. The number of nitrogens with two attached hydrogens (primary N) is 2. The molecule has 9 nitrogen and oxygen atoms in total. The van der Waals surface area contributed by atoms with Crippen LogP contribution in [0.1, 0.15) is 0 Å². The van der Waals surface area contributed by atoms with Crippen LogP contribution < -0.4 is 15.6 Å². The number of tetrazole rings is 1. The summed E-state index contributed by atoms with van der Waals surface area (Å²) in [7, 11) is -3.83. The second kappa shape index (κ2) is 7.81. The molecule has 2 aromatic carbocycles. The Balaban J connectivity index is 1.90. The summed E-state index contributed by atoms with van der Waals surface area (Å²) in [4.78, 5) is 1.87. The van der Waals surface area contributed by atoms with Crippen molar-refractivity contribution in [3.63, 3.8) is 0 Å². The van der Waals surface area contributed by atoms with Crippen molar-refractivity contribution in [1.29, 1.82) is 0 Å². The fraction of sp³-hybridized carbons (Fsp3) is 0.188. The van der Waals surface area contributed by atoms with Crippen LogP contribution in [0.15, 0.2) is 51.1 Å². The van der Waals surface area contributed by atoms with E-state index in [1.165, 1.54) is 12.1 Å². The van der Waals surface area contributed by atoms with Gasteiger partial charge in [0.05, 0.1) is 4.90 Å². The monoisotopic (exact) mass is 435 g/mol. The number of thioether (sulfide) groups is 1. The van der Waals surface area contributed by atoms with Gasteiger partial charge in [-0.3, -0.25) is 5.14 Å². The van der Waals surface area contributed by atoms with E-state index in [-0.39, 0.29) is 4.90 Å². The van der Waals surface area contributed by atoms with Gasteiger partial charge in [-0.25, -0.2) is 13.6 Å². The van der Waals surface area contributed by atoms with Crippen molar-refractivity contribution < 1.29 is 8.42 Å². The lowest BCUT2D eigenvalue weighted by Crippen LogP contribution is -2.44. The number of hydrogen-bond acceptors (Lipinski definition) is 9. The molecule has 1 aliphatic rings. The molecule has 1 fully saturated rings. The zero-order valence-electron chi connectivity index (χ0n) is 14.5. The van der Waals surface area contributed by atoms with Crippen molar-refractivity contribution >= 4 is 33.7 Å². The SMILES string of the molecule is NSc1c(SC2CNC2)ccc(-c2cccc(S(N)(=O)=O)c2)c1-c1nn[nH]n1. The van der Waals surface area contributed by atoms with E-state index in [1.54, 1.807) is 23.9 Å². The number of aromatic amines is 1. The third-order valence-electron chi connectivity index (χ3n) is 4.32. The number of nitrogens with one attached hydrogen (secondary N) is 2. The zero-order chi connectivity index (χ0) is 19.7. The van der Waals surface area contributed by atoms with E-state index in [4.69, 9.17) is 10.3 Å². The summed E-state index contributed by atoms with van der Waals surface area (Å²) >= 11 is 2.85. The van der Waals surface area contributed by atoms with E-state index in [1.807, 2.05) is 12.1 Å². The third kappa shape index (κ3) is 3.79.